The first-order chi connectivity index (χ1) is 6.24. The summed E-state index contributed by atoms with van der Waals surface area (Å²) in [6.07, 6.45) is 1.89. The van der Waals surface area contributed by atoms with Gasteiger partial charge in [0, 0.05) is 12.6 Å². The zero-order chi connectivity index (χ0) is 9.68. The van der Waals surface area contributed by atoms with E-state index in [1.807, 2.05) is 0 Å². The molecule has 0 aliphatic heterocycles. The summed E-state index contributed by atoms with van der Waals surface area (Å²) in [5.74, 6) is 5.87. The summed E-state index contributed by atoms with van der Waals surface area (Å²) in [5, 5.41) is 9.00. The van der Waals surface area contributed by atoms with Crippen LogP contribution < -0.4 is 5.73 Å². The molecule has 3 nitrogen and oxygen atoms in total. The van der Waals surface area contributed by atoms with Gasteiger partial charge in [0.1, 0.15) is 5.82 Å². The number of aliphatic hydroxyl groups is 1. The monoisotopic (exact) mass is 196 g/mol. The van der Waals surface area contributed by atoms with Gasteiger partial charge in [0.15, 0.2) is 0 Å². The van der Waals surface area contributed by atoms with Gasteiger partial charge in [-0.1, -0.05) is 23.4 Å². The second kappa shape index (κ2) is 4.70. The Morgan fingerprint density at radius 3 is 3.08 bits per heavy atom. The first kappa shape index (κ1) is 9.85. The van der Waals surface area contributed by atoms with Crippen molar-refractivity contribution in [3.8, 4) is 11.8 Å². The minimum Gasteiger partial charge on any atom is -0.395 e. The van der Waals surface area contributed by atoms with Gasteiger partial charge in [0.05, 0.1) is 17.2 Å². The SMILES string of the molecule is Nc1ncc(Cl)cc1C#CCCO. The summed E-state index contributed by atoms with van der Waals surface area (Å²) < 4.78 is 0. The quantitative estimate of drug-likeness (QED) is 0.661. The van der Waals surface area contributed by atoms with Crippen LogP contribution in [0, 0.1) is 11.8 Å². The Morgan fingerprint density at radius 2 is 2.38 bits per heavy atom. The molecule has 0 aliphatic carbocycles. The van der Waals surface area contributed by atoms with Crippen LogP contribution in [0.5, 0.6) is 0 Å². The van der Waals surface area contributed by atoms with Crippen LogP contribution in [0.3, 0.4) is 0 Å². The van der Waals surface area contributed by atoms with Crippen molar-refractivity contribution >= 4 is 17.4 Å². The highest BCUT2D eigenvalue weighted by Crippen LogP contribution is 2.13. The van der Waals surface area contributed by atoms with Gasteiger partial charge >= 0.3 is 0 Å². The van der Waals surface area contributed by atoms with E-state index in [1.54, 1.807) is 6.07 Å². The van der Waals surface area contributed by atoms with Crippen molar-refractivity contribution in [2.45, 2.75) is 6.42 Å². The molecule has 13 heavy (non-hydrogen) atoms. The number of hydrogen-bond acceptors (Lipinski definition) is 3. The number of halogens is 1. The van der Waals surface area contributed by atoms with E-state index in [-0.39, 0.29) is 6.61 Å². The van der Waals surface area contributed by atoms with Crippen LogP contribution in [0.1, 0.15) is 12.0 Å². The van der Waals surface area contributed by atoms with Gasteiger partial charge in [-0.3, -0.25) is 0 Å². The van der Waals surface area contributed by atoms with E-state index >= 15 is 0 Å². The second-order valence-corrected chi connectivity index (χ2v) is 2.80. The van der Waals surface area contributed by atoms with Crippen molar-refractivity contribution in [1.82, 2.24) is 4.98 Å². The van der Waals surface area contributed by atoms with E-state index < -0.39 is 0 Å². The Hall–Kier alpha value is -1.24. The maximum absolute atomic E-state index is 8.49. The number of aromatic nitrogens is 1. The molecule has 1 heterocycles. The van der Waals surface area contributed by atoms with Crippen molar-refractivity contribution < 1.29 is 5.11 Å². The number of nitrogen functional groups attached to an aromatic ring is 1. The lowest BCUT2D eigenvalue weighted by Crippen LogP contribution is -1.93. The molecule has 0 atom stereocenters. The minimum absolute atomic E-state index is 0.0426. The third-order valence-corrected chi connectivity index (χ3v) is 1.55. The van der Waals surface area contributed by atoms with Gasteiger partial charge < -0.3 is 10.8 Å². The van der Waals surface area contributed by atoms with E-state index in [1.165, 1.54) is 6.20 Å². The van der Waals surface area contributed by atoms with Crippen LogP contribution in [0.15, 0.2) is 12.3 Å². The van der Waals surface area contributed by atoms with E-state index in [4.69, 9.17) is 22.4 Å². The van der Waals surface area contributed by atoms with E-state index in [0.29, 0.717) is 22.8 Å². The fourth-order valence-electron chi connectivity index (χ4n) is 0.764. The smallest absolute Gasteiger partial charge is 0.139 e. The Kier molecular flexibility index (Phi) is 3.56. The third kappa shape index (κ3) is 2.94. The highest BCUT2D eigenvalue weighted by Gasteiger charge is 1.96. The zero-order valence-corrected chi connectivity index (χ0v) is 7.67. The molecule has 1 aromatic rings. The maximum Gasteiger partial charge on any atom is 0.139 e. The molecule has 0 spiro atoms. The highest BCUT2D eigenvalue weighted by molar-refractivity contribution is 6.30. The summed E-state index contributed by atoms with van der Waals surface area (Å²) in [5.41, 5.74) is 6.14. The van der Waals surface area contributed by atoms with Gasteiger partial charge in [0.25, 0.3) is 0 Å². The average Bonchev–Trinajstić information content (AvgIpc) is 2.11. The molecule has 1 aromatic heterocycles. The molecule has 0 fully saturated rings. The molecule has 0 saturated carbocycles. The van der Waals surface area contributed by atoms with E-state index in [9.17, 15) is 0 Å². The standard InChI is InChI=1S/C9H9ClN2O/c10-8-5-7(3-1-2-4-13)9(11)12-6-8/h5-6,13H,2,4H2,(H2,11,12). The summed E-state index contributed by atoms with van der Waals surface area (Å²) in [6.45, 7) is 0.0426. The molecule has 0 aromatic carbocycles. The van der Waals surface area contributed by atoms with Gasteiger partial charge in [-0.2, -0.15) is 0 Å². The molecule has 3 N–H and O–H groups in total. The van der Waals surface area contributed by atoms with Gasteiger partial charge in [-0.15, -0.1) is 0 Å². The normalized spacial score (nSPS) is 9.08. The van der Waals surface area contributed by atoms with Crippen molar-refractivity contribution in [2.75, 3.05) is 12.3 Å². The lowest BCUT2D eigenvalue weighted by molar-refractivity contribution is 0.305. The Morgan fingerprint density at radius 1 is 1.62 bits per heavy atom. The predicted octanol–water partition coefficient (Wildman–Crippen LogP) is 1.05. The number of anilines is 1. The lowest BCUT2D eigenvalue weighted by Gasteiger charge is -1.96. The molecular weight excluding hydrogens is 188 g/mol. The van der Waals surface area contributed by atoms with Crippen LogP contribution in [0.25, 0.3) is 0 Å². The van der Waals surface area contributed by atoms with Crippen LogP contribution in [0.2, 0.25) is 5.02 Å². The molecule has 0 radical (unpaired) electrons. The van der Waals surface area contributed by atoms with Crippen LogP contribution in [-0.4, -0.2) is 16.7 Å². The van der Waals surface area contributed by atoms with E-state index in [0.717, 1.165) is 0 Å². The number of nitrogens with zero attached hydrogens (tertiary/aromatic N) is 1. The van der Waals surface area contributed by atoms with Crippen molar-refractivity contribution in [1.29, 1.82) is 0 Å². The Balaban J connectivity index is 2.89. The third-order valence-electron chi connectivity index (χ3n) is 1.35. The molecule has 68 valence electrons. The predicted molar refractivity (Wildman–Crippen MR) is 52.2 cm³/mol. The largest absolute Gasteiger partial charge is 0.395 e. The first-order valence-corrected chi connectivity index (χ1v) is 4.12. The summed E-state index contributed by atoms with van der Waals surface area (Å²) in [7, 11) is 0. The van der Waals surface area contributed by atoms with Crippen LogP contribution in [0.4, 0.5) is 5.82 Å². The van der Waals surface area contributed by atoms with Crippen molar-refractivity contribution in [3.05, 3.63) is 22.8 Å². The van der Waals surface area contributed by atoms with Gasteiger partial charge in [0.2, 0.25) is 0 Å². The van der Waals surface area contributed by atoms with Crippen LogP contribution >= 0.6 is 11.6 Å². The molecule has 4 heteroatoms. The fraction of sp³-hybridized carbons (Fsp3) is 0.222. The lowest BCUT2D eigenvalue weighted by atomic mass is 10.2. The second-order valence-electron chi connectivity index (χ2n) is 2.36. The molecule has 0 amide bonds. The number of rotatable bonds is 1. The summed E-state index contributed by atoms with van der Waals surface area (Å²) in [6, 6.07) is 1.65. The highest BCUT2D eigenvalue weighted by atomic mass is 35.5. The average molecular weight is 197 g/mol. The molecule has 1 rings (SSSR count). The van der Waals surface area contributed by atoms with Gasteiger partial charge in [-0.25, -0.2) is 4.98 Å². The number of pyridine rings is 1. The Labute approximate surface area is 81.5 Å². The van der Waals surface area contributed by atoms with E-state index in [2.05, 4.69) is 16.8 Å². The number of nitrogens with two attached hydrogens (primary N) is 1. The topological polar surface area (TPSA) is 59.1 Å². The number of hydrogen-bond donors (Lipinski definition) is 2. The summed E-state index contributed by atoms with van der Waals surface area (Å²) >= 11 is 5.69. The molecule has 0 aliphatic rings. The molecular formula is C9H9ClN2O. The maximum atomic E-state index is 8.49. The van der Waals surface area contributed by atoms with Crippen LogP contribution in [-0.2, 0) is 0 Å². The first-order valence-electron chi connectivity index (χ1n) is 3.75. The molecule has 0 bridgehead atoms. The molecule has 0 unspecified atom stereocenters. The van der Waals surface area contributed by atoms with Crippen molar-refractivity contribution in [2.24, 2.45) is 0 Å². The van der Waals surface area contributed by atoms with Gasteiger partial charge in [-0.05, 0) is 6.07 Å². The number of aliphatic hydroxyl groups excluding tert-OH is 1. The summed E-state index contributed by atoms with van der Waals surface area (Å²) in [4.78, 5) is 3.84. The van der Waals surface area contributed by atoms with Crippen molar-refractivity contribution in [3.63, 3.8) is 0 Å². The fourth-order valence-corrected chi connectivity index (χ4v) is 0.921. The molecule has 0 saturated heterocycles. The Bertz CT molecular complexity index is 354. The minimum atomic E-state index is 0.0426. The zero-order valence-electron chi connectivity index (χ0n) is 6.92.